The van der Waals surface area contributed by atoms with Crippen molar-refractivity contribution < 1.29 is 22.7 Å². The summed E-state index contributed by atoms with van der Waals surface area (Å²) in [6, 6.07) is 11.2. The minimum Gasteiger partial charge on any atom is -0.490 e. The van der Waals surface area contributed by atoms with Gasteiger partial charge in [-0.25, -0.2) is 13.1 Å². The van der Waals surface area contributed by atoms with Crippen LogP contribution in [-0.2, 0) is 31.4 Å². The number of carbonyl (C=O) groups excluding carboxylic acids is 1. The van der Waals surface area contributed by atoms with Crippen molar-refractivity contribution in [1.82, 2.24) is 4.72 Å². The van der Waals surface area contributed by atoms with E-state index in [-0.39, 0.29) is 22.8 Å². The fraction of sp³-hybridized carbons (Fsp3) is 0.516. The number of methoxy groups -OCH3 is 1. The summed E-state index contributed by atoms with van der Waals surface area (Å²) in [7, 11) is -2.25. The maximum atomic E-state index is 13.2. The van der Waals surface area contributed by atoms with E-state index in [0.717, 1.165) is 49.4 Å². The van der Waals surface area contributed by atoms with Gasteiger partial charge in [0.15, 0.2) is 0 Å². The lowest BCUT2D eigenvalue weighted by Crippen LogP contribution is -2.49. The number of carbonyl (C=O) groups is 1. The van der Waals surface area contributed by atoms with Gasteiger partial charge in [-0.1, -0.05) is 29.8 Å². The SMILES string of the molecule is CO[C@H]1C=CCCCC(=O)NS(=O)(=O)c2ccc3c(c2)N(C[C@@H]2CC[C@H]21)C[C@@]1(CCCc2cc(Cl)ccc21)CO3. The number of amides is 1. The number of anilines is 1. The molecule has 2 aromatic rings. The van der Waals surface area contributed by atoms with E-state index in [1.54, 1.807) is 19.2 Å². The van der Waals surface area contributed by atoms with E-state index in [9.17, 15) is 13.2 Å². The summed E-state index contributed by atoms with van der Waals surface area (Å²) in [6.45, 7) is 1.99. The van der Waals surface area contributed by atoms with Crippen LogP contribution in [0.5, 0.6) is 5.75 Å². The number of benzene rings is 2. The van der Waals surface area contributed by atoms with Gasteiger partial charge in [0, 0.05) is 37.1 Å². The lowest BCUT2D eigenvalue weighted by molar-refractivity contribution is -0.119. The van der Waals surface area contributed by atoms with Crippen molar-refractivity contribution in [1.29, 1.82) is 0 Å². The summed E-state index contributed by atoms with van der Waals surface area (Å²) in [5.41, 5.74) is 3.05. The molecule has 4 aliphatic rings. The van der Waals surface area contributed by atoms with Crippen LogP contribution in [0.25, 0.3) is 0 Å². The molecular formula is C31H37ClN2O5S. The molecule has 6 rings (SSSR count). The van der Waals surface area contributed by atoms with Crippen LogP contribution in [0.4, 0.5) is 5.69 Å². The van der Waals surface area contributed by atoms with Crippen molar-refractivity contribution >= 4 is 33.2 Å². The topological polar surface area (TPSA) is 84.9 Å². The van der Waals surface area contributed by atoms with Gasteiger partial charge in [0.05, 0.1) is 23.3 Å². The summed E-state index contributed by atoms with van der Waals surface area (Å²) in [5, 5.41) is 0.742. The molecule has 2 aromatic carbocycles. The van der Waals surface area contributed by atoms with Crippen molar-refractivity contribution in [3.8, 4) is 5.75 Å². The van der Waals surface area contributed by atoms with Gasteiger partial charge in [-0.2, -0.15) is 0 Å². The molecule has 9 heteroatoms. The molecule has 40 heavy (non-hydrogen) atoms. The van der Waals surface area contributed by atoms with Gasteiger partial charge < -0.3 is 14.4 Å². The molecule has 0 radical (unpaired) electrons. The van der Waals surface area contributed by atoms with Gasteiger partial charge in [-0.3, -0.25) is 4.79 Å². The van der Waals surface area contributed by atoms with E-state index in [2.05, 4.69) is 33.9 Å². The van der Waals surface area contributed by atoms with E-state index >= 15 is 0 Å². The maximum Gasteiger partial charge on any atom is 0.264 e. The second-order valence-electron chi connectivity index (χ2n) is 11.8. The Morgan fingerprint density at radius 1 is 1.12 bits per heavy atom. The van der Waals surface area contributed by atoms with E-state index in [1.165, 1.54) is 17.2 Å². The van der Waals surface area contributed by atoms with Gasteiger partial charge in [-0.15, -0.1) is 0 Å². The van der Waals surface area contributed by atoms with Gasteiger partial charge in [0.25, 0.3) is 10.0 Å². The highest BCUT2D eigenvalue weighted by atomic mass is 35.5. The molecular weight excluding hydrogens is 548 g/mol. The second-order valence-corrected chi connectivity index (χ2v) is 13.9. The number of aryl methyl sites for hydroxylation is 1. The van der Waals surface area contributed by atoms with Gasteiger partial charge in [-0.05, 0) is 98.2 Å². The molecule has 0 saturated heterocycles. The molecule has 2 aliphatic heterocycles. The zero-order valence-corrected chi connectivity index (χ0v) is 24.5. The number of allylic oxidation sites excluding steroid dienone is 1. The summed E-state index contributed by atoms with van der Waals surface area (Å²) in [5.74, 6) is 0.954. The van der Waals surface area contributed by atoms with Gasteiger partial charge in [0.2, 0.25) is 5.91 Å². The highest BCUT2D eigenvalue weighted by Crippen LogP contribution is 2.47. The van der Waals surface area contributed by atoms with Crippen LogP contribution in [0.3, 0.4) is 0 Å². The zero-order chi connectivity index (χ0) is 27.9. The first-order chi connectivity index (χ1) is 19.3. The van der Waals surface area contributed by atoms with Crippen LogP contribution in [0.1, 0.15) is 56.1 Å². The molecule has 1 amide bonds. The highest BCUT2D eigenvalue weighted by Gasteiger charge is 2.44. The summed E-state index contributed by atoms with van der Waals surface area (Å²) in [6.07, 6.45) is 10.8. The molecule has 2 aliphatic carbocycles. The largest absolute Gasteiger partial charge is 0.490 e. The molecule has 1 N–H and O–H groups in total. The monoisotopic (exact) mass is 584 g/mol. The number of halogens is 1. The van der Waals surface area contributed by atoms with Crippen molar-refractivity contribution in [3.63, 3.8) is 0 Å². The maximum absolute atomic E-state index is 13.2. The number of fused-ring (bicyclic) bond motifs is 4. The number of rotatable bonds is 1. The Morgan fingerprint density at radius 2 is 2.00 bits per heavy atom. The Hall–Kier alpha value is -2.55. The molecule has 7 nitrogen and oxygen atoms in total. The number of nitrogens with one attached hydrogen (secondary N) is 1. The molecule has 214 valence electrons. The van der Waals surface area contributed by atoms with Gasteiger partial charge in [0.1, 0.15) is 5.75 Å². The highest BCUT2D eigenvalue weighted by molar-refractivity contribution is 7.90. The molecule has 0 unspecified atom stereocenters. The standard InChI is InChI=1S/C31H37ClN2O5S/c1-38-28-7-3-2-4-8-30(35)33-40(36,37)24-11-14-29-27(17-24)34(18-22-9-12-25(22)28)19-31(20-39-29)15-5-6-21-16-23(32)10-13-26(21)31/h3,7,10-11,13-14,16-17,22,25,28H,2,4-6,8-9,12,15,18-20H2,1H3,(H,33,35)/t22-,25+,28-,31-/m0/s1. The van der Waals surface area contributed by atoms with E-state index in [1.807, 2.05) is 6.07 Å². The van der Waals surface area contributed by atoms with E-state index in [0.29, 0.717) is 43.6 Å². The Labute approximate surface area is 241 Å². The summed E-state index contributed by atoms with van der Waals surface area (Å²) < 4.78 is 41.2. The Bertz CT molecular complexity index is 1430. The van der Waals surface area contributed by atoms with Crippen molar-refractivity contribution in [2.45, 2.75) is 67.8 Å². The Morgan fingerprint density at radius 3 is 2.80 bits per heavy atom. The number of ether oxygens (including phenoxy) is 2. The van der Waals surface area contributed by atoms with Gasteiger partial charge >= 0.3 is 0 Å². The third-order valence-corrected chi connectivity index (χ3v) is 10.9. The average Bonchev–Trinajstić information content (AvgIpc) is 3.06. The summed E-state index contributed by atoms with van der Waals surface area (Å²) in [4.78, 5) is 14.9. The zero-order valence-electron chi connectivity index (χ0n) is 22.9. The second kappa shape index (κ2) is 11.0. The predicted molar refractivity (Wildman–Crippen MR) is 156 cm³/mol. The number of nitrogens with zero attached hydrogens (tertiary/aromatic N) is 1. The lowest BCUT2D eigenvalue weighted by Gasteiger charge is -2.46. The fourth-order valence-corrected chi connectivity index (χ4v) is 8.29. The first-order valence-electron chi connectivity index (χ1n) is 14.3. The molecule has 4 atom stereocenters. The number of hydrogen-bond donors (Lipinski definition) is 1. The first kappa shape index (κ1) is 27.6. The molecule has 1 saturated carbocycles. The molecule has 2 bridgehead atoms. The van der Waals surface area contributed by atoms with Crippen LogP contribution < -0.4 is 14.4 Å². The van der Waals surface area contributed by atoms with E-state index < -0.39 is 15.9 Å². The smallest absolute Gasteiger partial charge is 0.264 e. The number of sulfonamides is 1. The Kier molecular flexibility index (Phi) is 7.61. The average molecular weight is 585 g/mol. The molecule has 0 aromatic heterocycles. The third kappa shape index (κ3) is 5.26. The minimum absolute atomic E-state index is 0.0152. The minimum atomic E-state index is -4.02. The van der Waals surface area contributed by atoms with Crippen LogP contribution >= 0.6 is 11.6 Å². The molecule has 1 fully saturated rings. The Balaban J connectivity index is 1.43. The fourth-order valence-electron chi connectivity index (χ4n) is 7.06. The van der Waals surface area contributed by atoms with Crippen LogP contribution in [-0.4, -0.2) is 47.2 Å². The van der Waals surface area contributed by atoms with Crippen molar-refractivity contribution in [2.24, 2.45) is 11.8 Å². The van der Waals surface area contributed by atoms with E-state index in [4.69, 9.17) is 21.1 Å². The van der Waals surface area contributed by atoms with Crippen molar-refractivity contribution in [2.75, 3.05) is 31.7 Å². The van der Waals surface area contributed by atoms with Crippen LogP contribution in [0.15, 0.2) is 53.4 Å². The normalized spacial score (nSPS) is 29.8. The van der Waals surface area contributed by atoms with Crippen molar-refractivity contribution in [3.05, 3.63) is 64.7 Å². The predicted octanol–water partition coefficient (Wildman–Crippen LogP) is 5.40. The molecule has 2 heterocycles. The first-order valence-corrected chi connectivity index (χ1v) is 16.2. The quantitative estimate of drug-likeness (QED) is 0.452. The molecule has 1 spiro atoms. The van der Waals surface area contributed by atoms with Crippen LogP contribution in [0.2, 0.25) is 5.02 Å². The summed E-state index contributed by atoms with van der Waals surface area (Å²) >= 11 is 6.38. The number of hydrogen-bond acceptors (Lipinski definition) is 6. The lowest BCUT2D eigenvalue weighted by atomic mass is 9.68. The third-order valence-electron chi connectivity index (χ3n) is 9.29. The van der Waals surface area contributed by atoms with Crippen LogP contribution in [0, 0.1) is 11.8 Å².